The highest BCUT2D eigenvalue weighted by molar-refractivity contribution is 5.56. The first-order valence-electron chi connectivity index (χ1n) is 5.11. The van der Waals surface area contributed by atoms with Crippen LogP contribution in [0.15, 0.2) is 41.4 Å². The van der Waals surface area contributed by atoms with E-state index in [2.05, 4.69) is 28.8 Å². The number of aliphatic imine (C=N–C) groups is 1. The lowest BCUT2D eigenvalue weighted by atomic mass is 10.2. The number of nitrogens with zero attached hydrogens (tertiary/aromatic N) is 1. The van der Waals surface area contributed by atoms with Crippen LogP contribution in [0.25, 0.3) is 0 Å². The van der Waals surface area contributed by atoms with E-state index in [1.165, 1.54) is 0 Å². The van der Waals surface area contributed by atoms with Crippen LogP contribution in [-0.4, -0.2) is 13.3 Å². The molecule has 0 aliphatic carbocycles. The highest BCUT2D eigenvalue weighted by Gasteiger charge is 2.00. The van der Waals surface area contributed by atoms with Gasteiger partial charge in [-0.3, -0.25) is 0 Å². The molecule has 0 aromatic rings. The molecule has 0 fully saturated rings. The maximum atomic E-state index is 4.15. The van der Waals surface area contributed by atoms with Gasteiger partial charge in [-0.1, -0.05) is 27.0 Å². The standard InChI is InChI=1S/C10H17N3.C2H6/c1-6-12-10(13-7-2)8(3)9(4)11-5;1-2/h6-7,11-12H,1,4H2,2-3,5H3;1-2H3/b10-8+,13-7-;. The van der Waals surface area contributed by atoms with Crippen molar-refractivity contribution >= 4 is 6.21 Å². The second-order valence-corrected chi connectivity index (χ2v) is 2.44. The number of likely N-dealkylation sites (N-methyl/N-ethyl adjacent to an activating group) is 1. The maximum Gasteiger partial charge on any atom is 0.134 e. The van der Waals surface area contributed by atoms with Gasteiger partial charge < -0.3 is 10.6 Å². The number of hydrogen-bond donors (Lipinski definition) is 2. The highest BCUT2D eigenvalue weighted by atomic mass is 15.0. The molecule has 0 aromatic carbocycles. The Morgan fingerprint density at radius 1 is 1.33 bits per heavy atom. The molecule has 86 valence electrons. The van der Waals surface area contributed by atoms with Crippen molar-refractivity contribution in [2.24, 2.45) is 4.99 Å². The zero-order valence-corrected chi connectivity index (χ0v) is 10.5. The summed E-state index contributed by atoms with van der Waals surface area (Å²) < 4.78 is 0. The predicted octanol–water partition coefficient (Wildman–Crippen LogP) is 2.80. The smallest absolute Gasteiger partial charge is 0.134 e. The highest BCUT2D eigenvalue weighted by Crippen LogP contribution is 2.08. The van der Waals surface area contributed by atoms with Crippen LogP contribution in [0, 0.1) is 0 Å². The molecule has 0 unspecified atom stereocenters. The lowest BCUT2D eigenvalue weighted by Crippen LogP contribution is -2.12. The molecule has 15 heavy (non-hydrogen) atoms. The van der Waals surface area contributed by atoms with Crippen molar-refractivity contribution in [1.82, 2.24) is 10.6 Å². The number of allylic oxidation sites excluding steroid dienone is 1. The molecular formula is C12H23N3. The maximum absolute atomic E-state index is 4.15. The molecule has 0 radical (unpaired) electrons. The second kappa shape index (κ2) is 10.6. The largest absolute Gasteiger partial charge is 0.388 e. The van der Waals surface area contributed by atoms with E-state index in [9.17, 15) is 0 Å². The summed E-state index contributed by atoms with van der Waals surface area (Å²) in [6.07, 6.45) is 3.31. The summed E-state index contributed by atoms with van der Waals surface area (Å²) in [5, 5.41) is 5.90. The third kappa shape index (κ3) is 6.55. The van der Waals surface area contributed by atoms with E-state index in [-0.39, 0.29) is 0 Å². The Morgan fingerprint density at radius 2 is 1.87 bits per heavy atom. The van der Waals surface area contributed by atoms with Gasteiger partial charge in [0.1, 0.15) is 5.82 Å². The summed E-state index contributed by atoms with van der Waals surface area (Å²) in [4.78, 5) is 4.15. The Hall–Kier alpha value is -1.51. The zero-order valence-electron chi connectivity index (χ0n) is 10.5. The SMILES string of the molecule is C=CNC(/N=C\C)=C(/C)C(=C)NC.CC. The van der Waals surface area contributed by atoms with E-state index in [1.54, 1.807) is 12.4 Å². The van der Waals surface area contributed by atoms with Crippen molar-refractivity contribution in [2.75, 3.05) is 7.05 Å². The Morgan fingerprint density at radius 3 is 2.20 bits per heavy atom. The van der Waals surface area contributed by atoms with Crippen molar-refractivity contribution in [3.05, 3.63) is 36.4 Å². The van der Waals surface area contributed by atoms with Gasteiger partial charge in [0.15, 0.2) is 0 Å². The molecule has 0 heterocycles. The molecule has 0 spiro atoms. The predicted molar refractivity (Wildman–Crippen MR) is 69.7 cm³/mol. The fourth-order valence-electron chi connectivity index (χ4n) is 0.799. The molecule has 0 aliphatic heterocycles. The molecule has 0 saturated carbocycles. The van der Waals surface area contributed by atoms with Crippen LogP contribution in [0.5, 0.6) is 0 Å². The Kier molecular flexibility index (Phi) is 11.2. The van der Waals surface area contributed by atoms with E-state index >= 15 is 0 Å². The quantitative estimate of drug-likeness (QED) is 0.539. The average Bonchev–Trinajstić information content (AvgIpc) is 2.29. The van der Waals surface area contributed by atoms with Gasteiger partial charge in [-0.2, -0.15) is 0 Å². The summed E-state index contributed by atoms with van der Waals surface area (Å²) >= 11 is 0. The van der Waals surface area contributed by atoms with Gasteiger partial charge in [-0.05, 0) is 20.0 Å². The van der Waals surface area contributed by atoms with E-state index in [4.69, 9.17) is 0 Å². The topological polar surface area (TPSA) is 36.4 Å². The number of nitrogens with one attached hydrogen (secondary N) is 2. The molecule has 3 nitrogen and oxygen atoms in total. The first kappa shape index (κ1) is 15.9. The summed E-state index contributed by atoms with van der Waals surface area (Å²) in [6, 6.07) is 0. The van der Waals surface area contributed by atoms with Crippen LogP contribution in [0.2, 0.25) is 0 Å². The van der Waals surface area contributed by atoms with Crippen LogP contribution >= 0.6 is 0 Å². The summed E-state index contributed by atoms with van der Waals surface area (Å²) in [5.41, 5.74) is 1.82. The van der Waals surface area contributed by atoms with Gasteiger partial charge in [0.2, 0.25) is 0 Å². The fraction of sp³-hybridized carbons (Fsp3) is 0.417. The monoisotopic (exact) mass is 209 g/mol. The van der Waals surface area contributed by atoms with Crippen molar-refractivity contribution in [3.8, 4) is 0 Å². The zero-order chi connectivity index (χ0) is 12.3. The first-order valence-corrected chi connectivity index (χ1v) is 5.11. The van der Waals surface area contributed by atoms with E-state index in [0.29, 0.717) is 0 Å². The molecule has 3 heteroatoms. The first-order chi connectivity index (χ1) is 7.17. The Labute approximate surface area is 93.7 Å². The average molecular weight is 209 g/mol. The molecule has 0 amide bonds. The van der Waals surface area contributed by atoms with Gasteiger partial charge in [-0.15, -0.1) is 0 Å². The fourth-order valence-corrected chi connectivity index (χ4v) is 0.799. The van der Waals surface area contributed by atoms with Crippen molar-refractivity contribution in [2.45, 2.75) is 27.7 Å². The molecular weight excluding hydrogens is 186 g/mol. The normalized spacial score (nSPS) is 11.0. The second-order valence-electron chi connectivity index (χ2n) is 2.44. The molecule has 2 N–H and O–H groups in total. The number of hydrogen-bond acceptors (Lipinski definition) is 3. The third-order valence-electron chi connectivity index (χ3n) is 1.61. The van der Waals surface area contributed by atoms with Crippen LogP contribution in [0.4, 0.5) is 0 Å². The third-order valence-corrected chi connectivity index (χ3v) is 1.61. The van der Waals surface area contributed by atoms with Gasteiger partial charge in [0, 0.05) is 24.5 Å². The van der Waals surface area contributed by atoms with E-state index in [0.717, 1.165) is 17.1 Å². The van der Waals surface area contributed by atoms with E-state index in [1.807, 2.05) is 34.7 Å². The minimum atomic E-state index is 0.761. The summed E-state index contributed by atoms with van der Waals surface area (Å²) in [7, 11) is 1.83. The van der Waals surface area contributed by atoms with Crippen molar-refractivity contribution < 1.29 is 0 Å². The van der Waals surface area contributed by atoms with Gasteiger partial charge >= 0.3 is 0 Å². The van der Waals surface area contributed by atoms with Crippen LogP contribution in [0.3, 0.4) is 0 Å². The Balaban J connectivity index is 0. The van der Waals surface area contributed by atoms with Crippen LogP contribution in [0.1, 0.15) is 27.7 Å². The van der Waals surface area contributed by atoms with Gasteiger partial charge in [0.25, 0.3) is 0 Å². The summed E-state index contributed by atoms with van der Waals surface area (Å²) in [6.45, 7) is 15.2. The molecule has 0 atom stereocenters. The van der Waals surface area contributed by atoms with Crippen LogP contribution < -0.4 is 10.6 Å². The molecule has 0 rings (SSSR count). The molecule has 0 aliphatic rings. The van der Waals surface area contributed by atoms with Crippen molar-refractivity contribution in [1.29, 1.82) is 0 Å². The minimum Gasteiger partial charge on any atom is -0.388 e. The lowest BCUT2D eigenvalue weighted by molar-refractivity contribution is 0.941. The van der Waals surface area contributed by atoms with Crippen LogP contribution in [-0.2, 0) is 0 Å². The van der Waals surface area contributed by atoms with E-state index < -0.39 is 0 Å². The summed E-state index contributed by atoms with van der Waals surface area (Å²) in [5.74, 6) is 0.761. The van der Waals surface area contributed by atoms with Crippen molar-refractivity contribution in [3.63, 3.8) is 0 Å². The minimum absolute atomic E-state index is 0.761. The molecule has 0 bridgehead atoms. The number of rotatable bonds is 5. The van der Waals surface area contributed by atoms with Gasteiger partial charge in [0.05, 0.1) is 0 Å². The molecule has 0 saturated heterocycles. The lowest BCUT2D eigenvalue weighted by Gasteiger charge is -2.09. The van der Waals surface area contributed by atoms with Gasteiger partial charge in [-0.25, -0.2) is 4.99 Å². The Bertz CT molecular complexity index is 250. The molecule has 0 aromatic heterocycles.